The van der Waals surface area contributed by atoms with Crippen LogP contribution in [-0.4, -0.2) is 44.7 Å². The molecule has 3 heterocycles. The van der Waals surface area contributed by atoms with Crippen LogP contribution < -0.4 is 10.1 Å². The van der Waals surface area contributed by atoms with Crippen LogP contribution in [0.5, 0.6) is 5.88 Å². The van der Waals surface area contributed by atoms with Gasteiger partial charge >= 0.3 is 0 Å². The molecule has 0 atom stereocenters. The molecule has 0 unspecified atom stereocenters. The number of carbonyl (C=O) groups is 1. The Morgan fingerprint density at radius 2 is 2.14 bits per heavy atom. The molecular weight excluding hydrogens is 368 g/mol. The highest BCUT2D eigenvalue weighted by molar-refractivity contribution is 6.04. The molecule has 3 rings (SSSR count). The zero-order valence-corrected chi connectivity index (χ0v) is 15.9. The summed E-state index contributed by atoms with van der Waals surface area (Å²) in [6.45, 7) is 4.57. The van der Waals surface area contributed by atoms with Crippen LogP contribution in [0.1, 0.15) is 35.5 Å². The first-order valence-electron chi connectivity index (χ1n) is 8.83. The molecule has 7 nitrogen and oxygen atoms in total. The van der Waals surface area contributed by atoms with Crippen molar-refractivity contribution in [3.05, 3.63) is 47.5 Å². The van der Waals surface area contributed by atoms with E-state index < -0.39 is 12.5 Å². The van der Waals surface area contributed by atoms with Crippen molar-refractivity contribution < 1.29 is 18.3 Å². The summed E-state index contributed by atoms with van der Waals surface area (Å²) in [5.41, 5.74) is 2.46. The van der Waals surface area contributed by atoms with Crippen molar-refractivity contribution >= 4 is 16.8 Å². The van der Waals surface area contributed by atoms with Crippen LogP contribution in [0.15, 0.2) is 30.7 Å². The Morgan fingerprint density at radius 1 is 1.36 bits per heavy atom. The molecule has 148 valence electrons. The standard InChI is InChI=1S/C19H21F2N5O2/c1-4-22-17(27)16-14-10-26(25-15(14)5-6-23-16)9-13-7-12(2)18(24-8-13)28-11-19(3,20)21/h5-8,10H,4,9,11H2,1-3H3,(H,22,27). The number of amides is 1. The molecule has 0 aliphatic rings. The predicted octanol–water partition coefficient (Wildman–Crippen LogP) is 2.97. The molecule has 0 bridgehead atoms. The van der Waals surface area contributed by atoms with Gasteiger partial charge in [0.05, 0.1) is 17.4 Å². The van der Waals surface area contributed by atoms with Gasteiger partial charge in [-0.2, -0.15) is 5.10 Å². The first kappa shape index (κ1) is 19.7. The van der Waals surface area contributed by atoms with Crippen molar-refractivity contribution in [3.8, 4) is 5.88 Å². The van der Waals surface area contributed by atoms with E-state index in [0.717, 1.165) is 12.5 Å². The van der Waals surface area contributed by atoms with Crippen molar-refractivity contribution in [2.75, 3.05) is 13.2 Å². The van der Waals surface area contributed by atoms with Gasteiger partial charge in [0.25, 0.3) is 11.8 Å². The third kappa shape index (κ3) is 4.59. The maximum Gasteiger partial charge on any atom is 0.278 e. The Morgan fingerprint density at radius 3 is 2.82 bits per heavy atom. The maximum absolute atomic E-state index is 12.9. The van der Waals surface area contributed by atoms with Crippen molar-refractivity contribution in [1.29, 1.82) is 0 Å². The maximum atomic E-state index is 12.9. The first-order valence-corrected chi connectivity index (χ1v) is 8.83. The largest absolute Gasteiger partial charge is 0.471 e. The summed E-state index contributed by atoms with van der Waals surface area (Å²) in [4.78, 5) is 20.4. The normalized spacial score (nSPS) is 11.6. The average molecular weight is 389 g/mol. The topological polar surface area (TPSA) is 81.9 Å². The minimum absolute atomic E-state index is 0.179. The van der Waals surface area contributed by atoms with Crippen molar-refractivity contribution in [2.24, 2.45) is 0 Å². The molecule has 3 aromatic heterocycles. The summed E-state index contributed by atoms with van der Waals surface area (Å²) in [6, 6.07) is 3.55. The van der Waals surface area contributed by atoms with Crippen LogP contribution in [-0.2, 0) is 6.54 Å². The second-order valence-electron chi connectivity index (χ2n) is 6.60. The number of hydrogen-bond donors (Lipinski definition) is 1. The van der Waals surface area contributed by atoms with Crippen LogP contribution in [0.4, 0.5) is 8.78 Å². The number of pyridine rings is 2. The van der Waals surface area contributed by atoms with Crippen LogP contribution in [0.2, 0.25) is 0 Å². The molecule has 0 aliphatic carbocycles. The van der Waals surface area contributed by atoms with E-state index in [-0.39, 0.29) is 11.8 Å². The number of aromatic nitrogens is 4. The van der Waals surface area contributed by atoms with Gasteiger partial charge in [0, 0.05) is 37.6 Å². The highest BCUT2D eigenvalue weighted by atomic mass is 19.3. The number of carbonyl (C=O) groups excluding carboxylic acids is 1. The monoisotopic (exact) mass is 389 g/mol. The van der Waals surface area contributed by atoms with Crippen LogP contribution in [0, 0.1) is 6.92 Å². The predicted molar refractivity (Wildman–Crippen MR) is 99.7 cm³/mol. The summed E-state index contributed by atoms with van der Waals surface area (Å²) in [5, 5.41) is 7.86. The number of ether oxygens (including phenoxy) is 1. The molecule has 0 aromatic carbocycles. The Kier molecular flexibility index (Phi) is 5.53. The quantitative estimate of drug-likeness (QED) is 0.672. The van der Waals surface area contributed by atoms with Gasteiger partial charge in [-0.25, -0.2) is 13.8 Å². The molecule has 0 saturated carbocycles. The lowest BCUT2D eigenvalue weighted by molar-refractivity contribution is -0.0244. The summed E-state index contributed by atoms with van der Waals surface area (Å²) in [6.07, 6.45) is 4.86. The number of alkyl halides is 2. The second-order valence-corrected chi connectivity index (χ2v) is 6.60. The number of fused-ring (bicyclic) bond motifs is 1. The van der Waals surface area contributed by atoms with E-state index in [1.54, 1.807) is 36.3 Å². The van der Waals surface area contributed by atoms with Crippen LogP contribution in [0.3, 0.4) is 0 Å². The van der Waals surface area contributed by atoms with E-state index in [9.17, 15) is 13.6 Å². The lowest BCUT2D eigenvalue weighted by atomic mass is 10.2. The number of rotatable bonds is 7. The molecule has 0 fully saturated rings. The van der Waals surface area contributed by atoms with Gasteiger partial charge in [0.15, 0.2) is 6.61 Å². The molecule has 1 amide bonds. The summed E-state index contributed by atoms with van der Waals surface area (Å²) >= 11 is 0. The number of nitrogens with zero attached hydrogens (tertiary/aromatic N) is 4. The number of aryl methyl sites for hydroxylation is 1. The lowest BCUT2D eigenvalue weighted by Crippen LogP contribution is -2.23. The first-order chi connectivity index (χ1) is 13.3. The van der Waals surface area contributed by atoms with Gasteiger partial charge in [0.1, 0.15) is 5.69 Å². The van der Waals surface area contributed by atoms with E-state index >= 15 is 0 Å². The Hall–Kier alpha value is -3.10. The van der Waals surface area contributed by atoms with Gasteiger partial charge < -0.3 is 10.1 Å². The van der Waals surface area contributed by atoms with Gasteiger partial charge in [-0.3, -0.25) is 14.5 Å². The van der Waals surface area contributed by atoms with Gasteiger partial charge in [-0.1, -0.05) is 0 Å². The van der Waals surface area contributed by atoms with Crippen molar-refractivity contribution in [3.63, 3.8) is 0 Å². The second kappa shape index (κ2) is 7.87. The fourth-order valence-corrected chi connectivity index (χ4v) is 2.74. The highest BCUT2D eigenvalue weighted by Gasteiger charge is 2.23. The Bertz CT molecular complexity index is 998. The highest BCUT2D eigenvalue weighted by Crippen LogP contribution is 2.21. The summed E-state index contributed by atoms with van der Waals surface area (Å²) in [5.74, 6) is -2.99. The average Bonchev–Trinajstić information content (AvgIpc) is 3.02. The van der Waals surface area contributed by atoms with Crippen LogP contribution >= 0.6 is 0 Å². The summed E-state index contributed by atoms with van der Waals surface area (Å²) in [7, 11) is 0. The number of halogens is 2. The number of nitrogens with one attached hydrogen (secondary N) is 1. The van der Waals surface area contributed by atoms with Gasteiger partial charge in [-0.05, 0) is 31.5 Å². The van der Waals surface area contributed by atoms with Crippen molar-refractivity contribution in [1.82, 2.24) is 25.1 Å². The zero-order valence-electron chi connectivity index (χ0n) is 15.9. The Labute approximate surface area is 160 Å². The molecule has 0 spiro atoms. The third-order valence-corrected chi connectivity index (χ3v) is 3.93. The van der Waals surface area contributed by atoms with E-state index in [1.165, 1.54) is 0 Å². The minimum atomic E-state index is -2.92. The van der Waals surface area contributed by atoms with Gasteiger partial charge in [0.2, 0.25) is 5.88 Å². The third-order valence-electron chi connectivity index (χ3n) is 3.93. The van der Waals surface area contributed by atoms with E-state index in [2.05, 4.69) is 20.4 Å². The number of hydrogen-bond acceptors (Lipinski definition) is 5. The molecule has 0 aliphatic heterocycles. The van der Waals surface area contributed by atoms with Gasteiger partial charge in [-0.15, -0.1) is 0 Å². The molecule has 1 N–H and O–H groups in total. The Balaban J connectivity index is 1.80. The molecule has 0 saturated heterocycles. The summed E-state index contributed by atoms with van der Waals surface area (Å²) < 4.78 is 32.7. The van der Waals surface area contributed by atoms with E-state index in [4.69, 9.17) is 4.74 Å². The fourth-order valence-electron chi connectivity index (χ4n) is 2.74. The smallest absolute Gasteiger partial charge is 0.278 e. The van der Waals surface area contributed by atoms with E-state index in [1.807, 2.05) is 13.0 Å². The molecule has 9 heteroatoms. The van der Waals surface area contributed by atoms with Crippen molar-refractivity contribution in [2.45, 2.75) is 33.2 Å². The van der Waals surface area contributed by atoms with E-state index in [0.29, 0.717) is 35.2 Å². The molecule has 3 aromatic rings. The fraction of sp³-hybridized carbons (Fsp3) is 0.368. The lowest BCUT2D eigenvalue weighted by Gasteiger charge is -2.13. The molecule has 28 heavy (non-hydrogen) atoms. The van der Waals surface area contributed by atoms with Crippen LogP contribution in [0.25, 0.3) is 10.9 Å². The molecule has 0 radical (unpaired) electrons. The zero-order chi connectivity index (χ0) is 20.3. The SMILES string of the molecule is CCNC(=O)c1nccc2nn(Cc3cnc(OCC(C)(F)F)c(C)c3)cc12. The minimum Gasteiger partial charge on any atom is -0.471 e. The molecular formula is C19H21F2N5O2.